The number of ether oxygens (including phenoxy) is 1. The quantitative estimate of drug-likeness (QED) is 0.806. The molecular formula is C12H16FNO. The SMILES string of the molecule is NCCc1ccc(OCC2CC2)c(F)c1. The second-order valence-electron chi connectivity index (χ2n) is 4.06. The van der Waals surface area contributed by atoms with Gasteiger partial charge in [-0.2, -0.15) is 0 Å². The van der Waals surface area contributed by atoms with Crippen LogP contribution in [-0.2, 0) is 6.42 Å². The Morgan fingerprint density at radius 1 is 1.40 bits per heavy atom. The molecule has 0 amide bonds. The van der Waals surface area contributed by atoms with Crippen LogP contribution in [0.1, 0.15) is 18.4 Å². The van der Waals surface area contributed by atoms with Crippen LogP contribution in [0.4, 0.5) is 4.39 Å². The molecule has 1 saturated carbocycles. The van der Waals surface area contributed by atoms with E-state index >= 15 is 0 Å². The molecule has 0 atom stereocenters. The first kappa shape index (κ1) is 10.4. The van der Waals surface area contributed by atoms with Crippen molar-refractivity contribution in [3.05, 3.63) is 29.6 Å². The molecule has 0 aliphatic heterocycles. The molecule has 1 aromatic carbocycles. The van der Waals surface area contributed by atoms with E-state index in [-0.39, 0.29) is 5.82 Å². The van der Waals surface area contributed by atoms with Crippen LogP contribution < -0.4 is 10.5 Å². The van der Waals surface area contributed by atoms with Gasteiger partial charge in [-0.3, -0.25) is 0 Å². The minimum Gasteiger partial charge on any atom is -0.490 e. The van der Waals surface area contributed by atoms with Gasteiger partial charge in [0.25, 0.3) is 0 Å². The highest BCUT2D eigenvalue weighted by atomic mass is 19.1. The molecule has 0 aromatic heterocycles. The fourth-order valence-corrected chi connectivity index (χ4v) is 1.48. The Bertz CT molecular complexity index is 336. The Kier molecular flexibility index (Phi) is 3.21. The molecule has 2 nitrogen and oxygen atoms in total. The third kappa shape index (κ3) is 2.93. The predicted octanol–water partition coefficient (Wildman–Crippen LogP) is 2.12. The average Bonchev–Trinajstić information content (AvgIpc) is 3.01. The molecule has 82 valence electrons. The Morgan fingerprint density at radius 2 is 2.20 bits per heavy atom. The zero-order valence-corrected chi connectivity index (χ0v) is 8.71. The van der Waals surface area contributed by atoms with E-state index in [2.05, 4.69) is 0 Å². The second kappa shape index (κ2) is 4.62. The fourth-order valence-electron chi connectivity index (χ4n) is 1.48. The molecule has 0 unspecified atom stereocenters. The molecule has 2 N–H and O–H groups in total. The third-order valence-corrected chi connectivity index (χ3v) is 2.60. The maximum absolute atomic E-state index is 13.5. The van der Waals surface area contributed by atoms with Crippen molar-refractivity contribution in [3.63, 3.8) is 0 Å². The summed E-state index contributed by atoms with van der Waals surface area (Å²) in [5.41, 5.74) is 6.33. The number of benzene rings is 1. The topological polar surface area (TPSA) is 35.2 Å². The standard InChI is InChI=1S/C12H16FNO/c13-11-7-9(5-6-14)3-4-12(11)15-8-10-1-2-10/h3-4,7,10H,1-2,5-6,8,14H2. The van der Waals surface area contributed by atoms with E-state index in [1.807, 2.05) is 6.07 Å². The number of rotatable bonds is 5. The van der Waals surface area contributed by atoms with Gasteiger partial charge >= 0.3 is 0 Å². The minimum atomic E-state index is -0.276. The van der Waals surface area contributed by atoms with Gasteiger partial charge in [-0.25, -0.2) is 4.39 Å². The largest absolute Gasteiger partial charge is 0.490 e. The molecule has 0 saturated heterocycles. The first-order chi connectivity index (χ1) is 7.29. The normalized spacial score (nSPS) is 15.3. The van der Waals surface area contributed by atoms with E-state index < -0.39 is 0 Å². The van der Waals surface area contributed by atoms with Crippen molar-refractivity contribution >= 4 is 0 Å². The Hall–Kier alpha value is -1.09. The summed E-state index contributed by atoms with van der Waals surface area (Å²) in [5, 5.41) is 0. The summed E-state index contributed by atoms with van der Waals surface area (Å²) in [6, 6.07) is 5.08. The molecule has 2 rings (SSSR count). The molecule has 1 aromatic rings. The Balaban J connectivity index is 1.97. The highest BCUT2D eigenvalue weighted by molar-refractivity contribution is 5.29. The van der Waals surface area contributed by atoms with Crippen molar-refractivity contribution in [1.29, 1.82) is 0 Å². The highest BCUT2D eigenvalue weighted by Gasteiger charge is 2.22. The molecule has 0 radical (unpaired) electrons. The summed E-state index contributed by atoms with van der Waals surface area (Å²) >= 11 is 0. The van der Waals surface area contributed by atoms with Crippen molar-refractivity contribution in [3.8, 4) is 5.75 Å². The summed E-state index contributed by atoms with van der Waals surface area (Å²) in [6.07, 6.45) is 3.14. The molecular weight excluding hydrogens is 193 g/mol. The maximum Gasteiger partial charge on any atom is 0.165 e. The van der Waals surface area contributed by atoms with Gasteiger partial charge in [0.15, 0.2) is 11.6 Å². The number of hydrogen-bond acceptors (Lipinski definition) is 2. The van der Waals surface area contributed by atoms with Gasteiger partial charge in [-0.05, 0) is 49.4 Å². The summed E-state index contributed by atoms with van der Waals surface area (Å²) in [4.78, 5) is 0. The molecule has 15 heavy (non-hydrogen) atoms. The Labute approximate surface area is 89.2 Å². The van der Waals surface area contributed by atoms with E-state index in [0.29, 0.717) is 31.2 Å². The maximum atomic E-state index is 13.5. The molecule has 0 spiro atoms. The molecule has 1 aliphatic carbocycles. The first-order valence-electron chi connectivity index (χ1n) is 5.41. The van der Waals surface area contributed by atoms with Gasteiger partial charge in [0.05, 0.1) is 6.61 Å². The molecule has 3 heteroatoms. The Morgan fingerprint density at radius 3 is 2.80 bits per heavy atom. The third-order valence-electron chi connectivity index (χ3n) is 2.60. The van der Waals surface area contributed by atoms with Gasteiger partial charge in [-0.1, -0.05) is 6.07 Å². The highest BCUT2D eigenvalue weighted by Crippen LogP contribution is 2.30. The lowest BCUT2D eigenvalue weighted by molar-refractivity contribution is 0.285. The number of halogens is 1. The van der Waals surface area contributed by atoms with Crippen molar-refractivity contribution in [1.82, 2.24) is 0 Å². The number of nitrogens with two attached hydrogens (primary N) is 1. The van der Waals surface area contributed by atoms with E-state index in [4.69, 9.17) is 10.5 Å². The summed E-state index contributed by atoms with van der Waals surface area (Å²) in [5.74, 6) is 0.734. The lowest BCUT2D eigenvalue weighted by Gasteiger charge is -2.07. The molecule has 1 fully saturated rings. The summed E-state index contributed by atoms with van der Waals surface area (Å²) in [7, 11) is 0. The van der Waals surface area contributed by atoms with E-state index in [9.17, 15) is 4.39 Å². The second-order valence-corrected chi connectivity index (χ2v) is 4.06. The molecule has 0 heterocycles. The van der Waals surface area contributed by atoms with Crippen molar-refractivity contribution < 1.29 is 9.13 Å². The van der Waals surface area contributed by atoms with Gasteiger partial charge in [0.1, 0.15) is 0 Å². The van der Waals surface area contributed by atoms with E-state index in [0.717, 1.165) is 5.56 Å². The van der Waals surface area contributed by atoms with Crippen LogP contribution in [0.3, 0.4) is 0 Å². The first-order valence-corrected chi connectivity index (χ1v) is 5.41. The average molecular weight is 209 g/mol. The van der Waals surface area contributed by atoms with Crippen LogP contribution in [0.15, 0.2) is 18.2 Å². The smallest absolute Gasteiger partial charge is 0.165 e. The fraction of sp³-hybridized carbons (Fsp3) is 0.500. The van der Waals surface area contributed by atoms with Crippen molar-refractivity contribution in [2.75, 3.05) is 13.2 Å². The van der Waals surface area contributed by atoms with Gasteiger partial charge in [0.2, 0.25) is 0 Å². The molecule has 1 aliphatic rings. The lowest BCUT2D eigenvalue weighted by atomic mass is 10.1. The predicted molar refractivity (Wildman–Crippen MR) is 57.4 cm³/mol. The van der Waals surface area contributed by atoms with E-state index in [1.165, 1.54) is 18.9 Å². The zero-order chi connectivity index (χ0) is 10.7. The monoisotopic (exact) mass is 209 g/mol. The summed E-state index contributed by atoms with van der Waals surface area (Å²) < 4.78 is 18.9. The van der Waals surface area contributed by atoms with Gasteiger partial charge < -0.3 is 10.5 Å². The van der Waals surface area contributed by atoms with Crippen LogP contribution in [0.2, 0.25) is 0 Å². The van der Waals surface area contributed by atoms with Crippen LogP contribution in [0, 0.1) is 11.7 Å². The van der Waals surface area contributed by atoms with Crippen LogP contribution in [-0.4, -0.2) is 13.2 Å². The van der Waals surface area contributed by atoms with Crippen LogP contribution >= 0.6 is 0 Å². The molecule has 0 bridgehead atoms. The van der Waals surface area contributed by atoms with Crippen LogP contribution in [0.5, 0.6) is 5.75 Å². The van der Waals surface area contributed by atoms with Crippen LogP contribution in [0.25, 0.3) is 0 Å². The number of hydrogen-bond donors (Lipinski definition) is 1. The van der Waals surface area contributed by atoms with Crippen molar-refractivity contribution in [2.45, 2.75) is 19.3 Å². The zero-order valence-electron chi connectivity index (χ0n) is 8.71. The van der Waals surface area contributed by atoms with Gasteiger partial charge in [0, 0.05) is 0 Å². The van der Waals surface area contributed by atoms with Crippen molar-refractivity contribution in [2.24, 2.45) is 11.7 Å². The summed E-state index contributed by atoms with van der Waals surface area (Å²) in [6.45, 7) is 1.19. The minimum absolute atomic E-state index is 0.276. The van der Waals surface area contributed by atoms with E-state index in [1.54, 1.807) is 6.07 Å². The lowest BCUT2D eigenvalue weighted by Crippen LogP contribution is -2.04. The van der Waals surface area contributed by atoms with Gasteiger partial charge in [-0.15, -0.1) is 0 Å².